The number of piperidine rings is 1. The third kappa shape index (κ3) is 2.41. The molecule has 0 N–H and O–H groups in total. The second-order valence-electron chi connectivity index (χ2n) is 4.93. The molecule has 6 heteroatoms. The molecule has 1 fully saturated rings. The lowest BCUT2D eigenvalue weighted by Crippen LogP contribution is -2.38. The summed E-state index contributed by atoms with van der Waals surface area (Å²) in [5.41, 5.74) is 0. The second kappa shape index (κ2) is 5.31. The molecule has 106 valence electrons. The van der Waals surface area contributed by atoms with Gasteiger partial charge in [-0.1, -0.05) is 12.1 Å². The molecule has 1 aliphatic rings. The van der Waals surface area contributed by atoms with Crippen molar-refractivity contribution < 1.29 is 8.42 Å². The van der Waals surface area contributed by atoms with Gasteiger partial charge >= 0.3 is 0 Å². The SMILES string of the molecule is O=S(=O)(c1cccc2cnccc12)N1CCC(Cl)CC1. The van der Waals surface area contributed by atoms with Crippen molar-refractivity contribution in [3.8, 4) is 0 Å². The standard InChI is InChI=1S/C14H15ClN2O2S/c15-12-5-8-17(9-6-12)20(18,19)14-3-1-2-11-10-16-7-4-13(11)14/h1-4,7,10,12H,5-6,8-9H2. The van der Waals surface area contributed by atoms with Crippen LogP contribution >= 0.6 is 11.6 Å². The summed E-state index contributed by atoms with van der Waals surface area (Å²) in [6, 6.07) is 7.03. The van der Waals surface area contributed by atoms with Gasteiger partial charge < -0.3 is 0 Å². The van der Waals surface area contributed by atoms with Crippen molar-refractivity contribution in [1.29, 1.82) is 0 Å². The molecule has 1 saturated heterocycles. The number of nitrogens with zero attached hydrogens (tertiary/aromatic N) is 2. The van der Waals surface area contributed by atoms with E-state index in [0.717, 1.165) is 10.8 Å². The fraction of sp³-hybridized carbons (Fsp3) is 0.357. The van der Waals surface area contributed by atoms with E-state index in [1.165, 1.54) is 4.31 Å². The van der Waals surface area contributed by atoms with Crippen molar-refractivity contribution in [3.63, 3.8) is 0 Å². The second-order valence-corrected chi connectivity index (χ2v) is 7.46. The molecule has 0 unspecified atom stereocenters. The predicted octanol–water partition coefficient (Wildman–Crippen LogP) is 2.63. The van der Waals surface area contributed by atoms with Crippen LogP contribution in [-0.2, 0) is 10.0 Å². The van der Waals surface area contributed by atoms with Gasteiger partial charge in [-0.2, -0.15) is 4.31 Å². The lowest BCUT2D eigenvalue weighted by Gasteiger charge is -2.28. The van der Waals surface area contributed by atoms with E-state index in [4.69, 9.17) is 11.6 Å². The van der Waals surface area contributed by atoms with Crippen LogP contribution in [-0.4, -0.2) is 36.2 Å². The summed E-state index contributed by atoms with van der Waals surface area (Å²) >= 11 is 6.04. The quantitative estimate of drug-likeness (QED) is 0.801. The van der Waals surface area contributed by atoms with Crippen LogP contribution in [0.3, 0.4) is 0 Å². The average molecular weight is 311 g/mol. The van der Waals surface area contributed by atoms with Crippen molar-refractivity contribution >= 4 is 32.4 Å². The van der Waals surface area contributed by atoms with Gasteiger partial charge in [0.05, 0.1) is 4.90 Å². The van der Waals surface area contributed by atoms with E-state index < -0.39 is 10.0 Å². The summed E-state index contributed by atoms with van der Waals surface area (Å²) in [5.74, 6) is 0. The van der Waals surface area contributed by atoms with Crippen LogP contribution in [0.5, 0.6) is 0 Å². The van der Waals surface area contributed by atoms with E-state index in [9.17, 15) is 8.42 Å². The molecule has 0 radical (unpaired) electrons. The van der Waals surface area contributed by atoms with Gasteiger partial charge in [-0.3, -0.25) is 4.98 Å². The molecule has 0 atom stereocenters. The molecule has 0 bridgehead atoms. The summed E-state index contributed by atoms with van der Waals surface area (Å²) in [6.07, 6.45) is 4.70. The van der Waals surface area contributed by atoms with E-state index in [0.29, 0.717) is 30.8 Å². The van der Waals surface area contributed by atoms with Gasteiger partial charge in [-0.05, 0) is 25.0 Å². The molecule has 0 amide bonds. The Morgan fingerprint density at radius 2 is 1.95 bits per heavy atom. The molecular formula is C14H15ClN2O2S. The van der Waals surface area contributed by atoms with E-state index in [1.807, 2.05) is 6.07 Å². The first kappa shape index (κ1) is 13.8. The zero-order valence-corrected chi connectivity index (χ0v) is 12.4. The number of fused-ring (bicyclic) bond motifs is 1. The maximum atomic E-state index is 12.8. The highest BCUT2D eigenvalue weighted by Gasteiger charge is 2.29. The first-order valence-electron chi connectivity index (χ1n) is 6.56. The predicted molar refractivity (Wildman–Crippen MR) is 79.4 cm³/mol. The Bertz CT molecular complexity index is 720. The number of sulfonamides is 1. The lowest BCUT2D eigenvalue weighted by atomic mass is 10.2. The zero-order valence-electron chi connectivity index (χ0n) is 10.9. The highest BCUT2D eigenvalue weighted by Crippen LogP contribution is 2.27. The molecule has 3 rings (SSSR count). The number of halogens is 1. The summed E-state index contributed by atoms with van der Waals surface area (Å²) in [7, 11) is -3.47. The molecular weight excluding hydrogens is 296 g/mol. The fourth-order valence-corrected chi connectivity index (χ4v) is 4.40. The largest absolute Gasteiger partial charge is 0.264 e. The van der Waals surface area contributed by atoms with Crippen molar-refractivity contribution in [2.45, 2.75) is 23.1 Å². The van der Waals surface area contributed by atoms with Gasteiger partial charge in [-0.25, -0.2) is 8.42 Å². The van der Waals surface area contributed by atoms with Gasteiger partial charge in [0.25, 0.3) is 0 Å². The highest BCUT2D eigenvalue weighted by atomic mass is 35.5. The third-order valence-corrected chi connectivity index (χ3v) is 6.04. The fourth-order valence-electron chi connectivity index (χ4n) is 2.52. The normalized spacial score (nSPS) is 18.4. The Morgan fingerprint density at radius 1 is 1.20 bits per heavy atom. The summed E-state index contributed by atoms with van der Waals surface area (Å²) in [6.45, 7) is 0.968. The topological polar surface area (TPSA) is 50.3 Å². The monoisotopic (exact) mass is 310 g/mol. The van der Waals surface area contributed by atoms with Crippen LogP contribution in [0.15, 0.2) is 41.6 Å². The van der Waals surface area contributed by atoms with Crippen LogP contribution in [0.25, 0.3) is 10.8 Å². The van der Waals surface area contributed by atoms with E-state index >= 15 is 0 Å². The van der Waals surface area contributed by atoms with Crippen LogP contribution < -0.4 is 0 Å². The first-order chi connectivity index (χ1) is 9.59. The van der Waals surface area contributed by atoms with Crippen LogP contribution in [0.1, 0.15) is 12.8 Å². The maximum Gasteiger partial charge on any atom is 0.243 e. The van der Waals surface area contributed by atoms with Crippen molar-refractivity contribution in [2.75, 3.05) is 13.1 Å². The Morgan fingerprint density at radius 3 is 2.70 bits per heavy atom. The van der Waals surface area contributed by atoms with Crippen LogP contribution in [0.2, 0.25) is 0 Å². The summed E-state index contributed by atoms with van der Waals surface area (Å²) in [5, 5.41) is 1.63. The van der Waals surface area contributed by atoms with E-state index in [2.05, 4.69) is 4.98 Å². The van der Waals surface area contributed by atoms with Gasteiger partial charge in [0.1, 0.15) is 0 Å². The van der Waals surface area contributed by atoms with E-state index in [1.54, 1.807) is 30.6 Å². The number of rotatable bonds is 2. The van der Waals surface area contributed by atoms with Crippen LogP contribution in [0.4, 0.5) is 0 Å². The lowest BCUT2D eigenvalue weighted by molar-refractivity contribution is 0.350. The highest BCUT2D eigenvalue weighted by molar-refractivity contribution is 7.89. The minimum atomic E-state index is -3.47. The van der Waals surface area contributed by atoms with Crippen molar-refractivity contribution in [2.24, 2.45) is 0 Å². The van der Waals surface area contributed by atoms with Gasteiger partial charge in [-0.15, -0.1) is 11.6 Å². The molecule has 2 aromatic rings. The summed E-state index contributed by atoms with van der Waals surface area (Å²) < 4.78 is 27.1. The Balaban J connectivity index is 2.05. The maximum absolute atomic E-state index is 12.8. The molecule has 1 aliphatic heterocycles. The minimum Gasteiger partial charge on any atom is -0.264 e. The number of hydrogen-bond acceptors (Lipinski definition) is 3. The van der Waals surface area contributed by atoms with Gasteiger partial charge in [0, 0.05) is 41.6 Å². The molecule has 2 heterocycles. The molecule has 1 aromatic carbocycles. The Hall–Kier alpha value is -1.17. The number of aromatic nitrogens is 1. The summed E-state index contributed by atoms with van der Waals surface area (Å²) in [4.78, 5) is 4.38. The first-order valence-corrected chi connectivity index (χ1v) is 8.43. The molecule has 1 aromatic heterocycles. The number of pyridine rings is 1. The molecule has 4 nitrogen and oxygen atoms in total. The Labute approximate surface area is 123 Å². The average Bonchev–Trinajstić information content (AvgIpc) is 2.47. The van der Waals surface area contributed by atoms with Crippen LogP contribution in [0, 0.1) is 0 Å². The Kier molecular flexibility index (Phi) is 3.67. The molecule has 0 saturated carbocycles. The minimum absolute atomic E-state index is 0.0816. The van der Waals surface area contributed by atoms with E-state index in [-0.39, 0.29) is 5.38 Å². The number of benzene rings is 1. The number of hydrogen-bond donors (Lipinski definition) is 0. The van der Waals surface area contributed by atoms with Gasteiger partial charge in [0.15, 0.2) is 0 Å². The molecule has 20 heavy (non-hydrogen) atoms. The van der Waals surface area contributed by atoms with Crippen molar-refractivity contribution in [3.05, 3.63) is 36.7 Å². The number of alkyl halides is 1. The third-order valence-electron chi connectivity index (χ3n) is 3.64. The van der Waals surface area contributed by atoms with Crippen molar-refractivity contribution in [1.82, 2.24) is 9.29 Å². The molecule has 0 spiro atoms. The zero-order chi connectivity index (χ0) is 14.2. The smallest absolute Gasteiger partial charge is 0.243 e. The molecule has 0 aliphatic carbocycles. The van der Waals surface area contributed by atoms with Gasteiger partial charge in [0.2, 0.25) is 10.0 Å².